The van der Waals surface area contributed by atoms with Gasteiger partial charge in [-0.3, -0.25) is 4.79 Å². The molecule has 1 saturated heterocycles. The molecular weight excluding hydrogens is 431 g/mol. The Morgan fingerprint density at radius 2 is 1.97 bits per heavy atom. The van der Waals surface area contributed by atoms with Crippen molar-refractivity contribution in [2.45, 2.75) is 32.1 Å². The summed E-state index contributed by atoms with van der Waals surface area (Å²) in [7, 11) is 1.59. The van der Waals surface area contributed by atoms with E-state index >= 15 is 0 Å². The number of rotatable bonds is 6. The van der Waals surface area contributed by atoms with E-state index in [4.69, 9.17) is 4.74 Å². The van der Waals surface area contributed by atoms with E-state index in [0.29, 0.717) is 24.3 Å². The van der Waals surface area contributed by atoms with Crippen LogP contribution in [-0.2, 0) is 4.79 Å². The first-order chi connectivity index (χ1) is 16.6. The van der Waals surface area contributed by atoms with Crippen LogP contribution in [0.25, 0.3) is 27.7 Å². The lowest BCUT2D eigenvalue weighted by Gasteiger charge is -2.29. The molecule has 0 radical (unpaired) electrons. The number of benzene rings is 1. The van der Waals surface area contributed by atoms with Crippen LogP contribution in [0.15, 0.2) is 42.6 Å². The molecule has 0 atom stereocenters. The Hall–Kier alpha value is -3.19. The van der Waals surface area contributed by atoms with Crippen molar-refractivity contribution in [1.29, 1.82) is 0 Å². The standard InChI is InChI=1S/C27H31FN4O2/c1-34-25-6-5-20(28)17-22(25)21-7-11-29-27-23(21)18-24(30-27)19-8-15-32(16-9-19)26(33)10-14-31-12-3-2-4-13-31/h5-8,11,17-18H,2-4,9-10,12-16H2,1H3,(H,29,30). The summed E-state index contributed by atoms with van der Waals surface area (Å²) >= 11 is 0. The molecule has 5 rings (SSSR count). The number of likely N-dealkylation sites (tertiary alicyclic amines) is 1. The van der Waals surface area contributed by atoms with E-state index in [1.807, 2.05) is 11.0 Å². The topological polar surface area (TPSA) is 61.5 Å². The Bertz CT molecular complexity index is 1210. The highest BCUT2D eigenvalue weighted by molar-refractivity contribution is 5.96. The van der Waals surface area contributed by atoms with Crippen LogP contribution < -0.4 is 4.74 Å². The Labute approximate surface area is 199 Å². The Balaban J connectivity index is 1.32. The van der Waals surface area contributed by atoms with Gasteiger partial charge in [0.15, 0.2) is 0 Å². The van der Waals surface area contributed by atoms with Crippen molar-refractivity contribution in [2.75, 3.05) is 39.8 Å². The van der Waals surface area contributed by atoms with E-state index in [9.17, 15) is 9.18 Å². The van der Waals surface area contributed by atoms with Crippen molar-refractivity contribution in [3.63, 3.8) is 0 Å². The van der Waals surface area contributed by atoms with E-state index in [1.165, 1.54) is 37.0 Å². The average Bonchev–Trinajstić information content (AvgIpc) is 3.32. The fraction of sp³-hybridized carbons (Fsp3) is 0.407. The molecule has 0 spiro atoms. The molecule has 7 heteroatoms. The lowest BCUT2D eigenvalue weighted by atomic mass is 10.0. The van der Waals surface area contributed by atoms with Gasteiger partial charge in [0.05, 0.1) is 7.11 Å². The maximum atomic E-state index is 14.0. The molecule has 2 aliphatic heterocycles. The van der Waals surface area contributed by atoms with Gasteiger partial charge in [-0.25, -0.2) is 9.37 Å². The quantitative estimate of drug-likeness (QED) is 0.568. The predicted octanol–water partition coefficient (Wildman–Crippen LogP) is 4.87. The number of carbonyl (C=O) groups excluding carboxylic acids is 1. The van der Waals surface area contributed by atoms with E-state index in [0.717, 1.165) is 54.9 Å². The van der Waals surface area contributed by atoms with E-state index in [-0.39, 0.29) is 11.7 Å². The molecule has 1 N–H and O–H groups in total. The number of amides is 1. The third-order valence-electron chi connectivity index (χ3n) is 6.98. The van der Waals surface area contributed by atoms with Crippen molar-refractivity contribution >= 4 is 22.5 Å². The number of ether oxygens (including phenoxy) is 1. The molecule has 2 aromatic heterocycles. The summed E-state index contributed by atoms with van der Waals surface area (Å²) in [6.45, 7) is 4.45. The highest BCUT2D eigenvalue weighted by Gasteiger charge is 2.21. The smallest absolute Gasteiger partial charge is 0.224 e. The number of pyridine rings is 1. The lowest BCUT2D eigenvalue weighted by molar-refractivity contribution is -0.131. The van der Waals surface area contributed by atoms with Crippen molar-refractivity contribution in [3.05, 3.63) is 54.1 Å². The molecule has 0 bridgehead atoms. The normalized spacial score (nSPS) is 17.1. The molecule has 1 amide bonds. The maximum absolute atomic E-state index is 14.0. The minimum atomic E-state index is -0.309. The number of aromatic nitrogens is 2. The molecule has 3 aromatic rings. The second kappa shape index (κ2) is 9.97. The number of hydrogen-bond acceptors (Lipinski definition) is 4. The molecular formula is C27H31FN4O2. The first kappa shape index (κ1) is 22.6. The van der Waals surface area contributed by atoms with Gasteiger partial charge in [0, 0.05) is 48.9 Å². The minimum absolute atomic E-state index is 0.236. The molecule has 1 aromatic carbocycles. The van der Waals surface area contributed by atoms with Crippen LogP contribution in [0.1, 0.15) is 37.8 Å². The molecule has 0 unspecified atom stereocenters. The summed E-state index contributed by atoms with van der Waals surface area (Å²) in [4.78, 5) is 25.0. The van der Waals surface area contributed by atoms with Gasteiger partial charge in [0.1, 0.15) is 17.2 Å². The van der Waals surface area contributed by atoms with Gasteiger partial charge in [-0.1, -0.05) is 12.5 Å². The molecule has 0 aliphatic carbocycles. The molecule has 0 saturated carbocycles. The highest BCUT2D eigenvalue weighted by atomic mass is 19.1. The summed E-state index contributed by atoms with van der Waals surface area (Å²) in [5.41, 5.74) is 4.49. The summed E-state index contributed by atoms with van der Waals surface area (Å²) in [5, 5.41) is 0.919. The predicted molar refractivity (Wildman–Crippen MR) is 132 cm³/mol. The van der Waals surface area contributed by atoms with Gasteiger partial charge in [-0.2, -0.15) is 0 Å². The largest absolute Gasteiger partial charge is 0.496 e. The fourth-order valence-corrected chi connectivity index (χ4v) is 5.06. The molecule has 34 heavy (non-hydrogen) atoms. The van der Waals surface area contributed by atoms with Gasteiger partial charge in [-0.05, 0) is 73.8 Å². The van der Waals surface area contributed by atoms with Crippen molar-refractivity contribution < 1.29 is 13.9 Å². The van der Waals surface area contributed by atoms with Gasteiger partial charge in [0.2, 0.25) is 5.91 Å². The van der Waals surface area contributed by atoms with Crippen molar-refractivity contribution in [2.24, 2.45) is 0 Å². The number of methoxy groups -OCH3 is 1. The second-order valence-electron chi connectivity index (χ2n) is 9.12. The number of fused-ring (bicyclic) bond motifs is 1. The molecule has 2 aliphatic rings. The third-order valence-corrected chi connectivity index (χ3v) is 6.98. The second-order valence-corrected chi connectivity index (χ2v) is 9.12. The van der Waals surface area contributed by atoms with Gasteiger partial charge < -0.3 is 19.5 Å². The number of aromatic amines is 1. The first-order valence-electron chi connectivity index (χ1n) is 12.1. The van der Waals surface area contributed by atoms with Crippen LogP contribution in [-0.4, -0.2) is 65.5 Å². The van der Waals surface area contributed by atoms with Crippen LogP contribution in [0.4, 0.5) is 4.39 Å². The van der Waals surface area contributed by atoms with E-state index < -0.39 is 0 Å². The summed E-state index contributed by atoms with van der Waals surface area (Å²) < 4.78 is 19.5. The average molecular weight is 463 g/mol. The van der Waals surface area contributed by atoms with Gasteiger partial charge in [0.25, 0.3) is 0 Å². The fourth-order valence-electron chi connectivity index (χ4n) is 5.06. The SMILES string of the molecule is COc1ccc(F)cc1-c1ccnc2[nH]c(C3=CCN(C(=O)CCN4CCCCC4)CC3)cc12. The monoisotopic (exact) mass is 462 g/mol. The number of piperidine rings is 1. The van der Waals surface area contributed by atoms with Crippen molar-refractivity contribution in [3.8, 4) is 16.9 Å². The Morgan fingerprint density at radius 3 is 2.74 bits per heavy atom. The highest BCUT2D eigenvalue weighted by Crippen LogP contribution is 2.36. The zero-order chi connectivity index (χ0) is 23.5. The molecule has 178 valence electrons. The summed E-state index contributed by atoms with van der Waals surface area (Å²) in [6.07, 6.45) is 9.05. The minimum Gasteiger partial charge on any atom is -0.496 e. The number of nitrogens with one attached hydrogen (secondary N) is 1. The van der Waals surface area contributed by atoms with Crippen LogP contribution in [0.3, 0.4) is 0 Å². The molecule has 6 nitrogen and oxygen atoms in total. The molecule has 1 fully saturated rings. The number of hydrogen-bond donors (Lipinski definition) is 1. The van der Waals surface area contributed by atoms with Gasteiger partial charge in [-0.15, -0.1) is 0 Å². The van der Waals surface area contributed by atoms with Gasteiger partial charge >= 0.3 is 0 Å². The maximum Gasteiger partial charge on any atom is 0.224 e. The third kappa shape index (κ3) is 4.71. The Morgan fingerprint density at radius 1 is 1.12 bits per heavy atom. The zero-order valence-corrected chi connectivity index (χ0v) is 19.6. The number of halogens is 1. The number of carbonyl (C=O) groups is 1. The summed E-state index contributed by atoms with van der Waals surface area (Å²) in [5.74, 6) is 0.545. The lowest BCUT2D eigenvalue weighted by Crippen LogP contribution is -2.38. The zero-order valence-electron chi connectivity index (χ0n) is 19.6. The van der Waals surface area contributed by atoms with Crippen LogP contribution >= 0.6 is 0 Å². The van der Waals surface area contributed by atoms with E-state index in [1.54, 1.807) is 19.4 Å². The number of H-pyrrole nitrogens is 1. The van der Waals surface area contributed by atoms with Crippen LogP contribution in [0.5, 0.6) is 5.75 Å². The Kier molecular flexibility index (Phi) is 6.63. The number of nitrogens with zero attached hydrogens (tertiary/aromatic N) is 3. The first-order valence-corrected chi connectivity index (χ1v) is 12.1. The molecule has 4 heterocycles. The van der Waals surface area contributed by atoms with Crippen molar-refractivity contribution in [1.82, 2.24) is 19.8 Å². The summed E-state index contributed by atoms with van der Waals surface area (Å²) in [6, 6.07) is 8.49. The van der Waals surface area contributed by atoms with Crippen LogP contribution in [0.2, 0.25) is 0 Å². The van der Waals surface area contributed by atoms with E-state index in [2.05, 4.69) is 27.0 Å². The van der Waals surface area contributed by atoms with Crippen LogP contribution in [0, 0.1) is 5.82 Å².